The highest BCUT2D eigenvalue weighted by Crippen LogP contribution is 2.21. The molecule has 5 heteroatoms. The number of anilines is 1. The molecule has 1 aromatic carbocycles. The number of carboxylic acid groups (broad SMARTS) is 1. The van der Waals surface area contributed by atoms with Crippen LogP contribution >= 0.6 is 0 Å². The minimum absolute atomic E-state index is 0.132. The monoisotopic (exact) mass is 227 g/mol. The van der Waals surface area contributed by atoms with Gasteiger partial charge in [0, 0.05) is 18.3 Å². The first-order valence-corrected chi connectivity index (χ1v) is 4.84. The number of hydrogen-bond acceptors (Lipinski definition) is 3. The number of nitrogens with one attached hydrogen (secondary N) is 1. The lowest BCUT2D eigenvalue weighted by Gasteiger charge is -2.10. The molecule has 0 saturated heterocycles. The van der Waals surface area contributed by atoms with Crippen molar-refractivity contribution in [3.8, 4) is 5.75 Å². The van der Waals surface area contributed by atoms with Crippen LogP contribution in [0, 0.1) is 11.7 Å². The van der Waals surface area contributed by atoms with Crippen molar-refractivity contribution >= 4 is 11.7 Å². The molecule has 1 unspecified atom stereocenters. The first kappa shape index (κ1) is 12.3. The van der Waals surface area contributed by atoms with Crippen LogP contribution in [0.2, 0.25) is 0 Å². The Bertz CT molecular complexity index is 381. The average Bonchev–Trinajstić information content (AvgIpc) is 2.27. The first-order chi connectivity index (χ1) is 7.54. The van der Waals surface area contributed by atoms with Crippen molar-refractivity contribution in [3.63, 3.8) is 0 Å². The zero-order chi connectivity index (χ0) is 12.1. The summed E-state index contributed by atoms with van der Waals surface area (Å²) < 4.78 is 17.9. The SMILES string of the molecule is COc1cc(NCC(C)C(=O)O)ccc1F. The van der Waals surface area contributed by atoms with Crippen molar-refractivity contribution in [1.82, 2.24) is 0 Å². The van der Waals surface area contributed by atoms with E-state index in [-0.39, 0.29) is 12.3 Å². The van der Waals surface area contributed by atoms with Gasteiger partial charge in [-0.15, -0.1) is 0 Å². The first-order valence-electron chi connectivity index (χ1n) is 4.84. The molecular weight excluding hydrogens is 213 g/mol. The summed E-state index contributed by atoms with van der Waals surface area (Å²) in [6, 6.07) is 4.29. The fourth-order valence-electron chi connectivity index (χ4n) is 1.13. The van der Waals surface area contributed by atoms with E-state index >= 15 is 0 Å². The zero-order valence-electron chi connectivity index (χ0n) is 9.16. The second-order valence-electron chi connectivity index (χ2n) is 3.47. The highest BCUT2D eigenvalue weighted by Gasteiger charge is 2.10. The minimum Gasteiger partial charge on any atom is -0.494 e. The maximum Gasteiger partial charge on any atom is 0.308 e. The smallest absolute Gasteiger partial charge is 0.308 e. The van der Waals surface area contributed by atoms with E-state index in [2.05, 4.69) is 5.32 Å². The van der Waals surface area contributed by atoms with E-state index in [1.807, 2.05) is 0 Å². The number of benzene rings is 1. The van der Waals surface area contributed by atoms with Crippen molar-refractivity contribution < 1.29 is 19.0 Å². The minimum atomic E-state index is -0.874. The molecule has 0 amide bonds. The second kappa shape index (κ2) is 5.34. The third-order valence-electron chi connectivity index (χ3n) is 2.19. The van der Waals surface area contributed by atoms with Crippen LogP contribution in [0.5, 0.6) is 5.75 Å². The summed E-state index contributed by atoms with van der Waals surface area (Å²) in [5.74, 6) is -1.69. The number of methoxy groups -OCH3 is 1. The highest BCUT2D eigenvalue weighted by atomic mass is 19.1. The van der Waals surface area contributed by atoms with Gasteiger partial charge in [-0.1, -0.05) is 6.92 Å². The van der Waals surface area contributed by atoms with E-state index in [4.69, 9.17) is 9.84 Å². The average molecular weight is 227 g/mol. The van der Waals surface area contributed by atoms with Crippen LogP contribution in [-0.2, 0) is 4.79 Å². The van der Waals surface area contributed by atoms with Gasteiger partial charge in [-0.25, -0.2) is 4.39 Å². The van der Waals surface area contributed by atoms with Crippen LogP contribution in [0.25, 0.3) is 0 Å². The number of aliphatic carboxylic acids is 1. The molecule has 1 aromatic rings. The highest BCUT2D eigenvalue weighted by molar-refractivity contribution is 5.70. The predicted molar refractivity (Wildman–Crippen MR) is 58.2 cm³/mol. The molecule has 1 rings (SSSR count). The van der Waals surface area contributed by atoms with E-state index in [0.29, 0.717) is 5.69 Å². The van der Waals surface area contributed by atoms with Gasteiger partial charge < -0.3 is 15.2 Å². The van der Waals surface area contributed by atoms with E-state index < -0.39 is 17.7 Å². The van der Waals surface area contributed by atoms with Gasteiger partial charge in [0.25, 0.3) is 0 Å². The number of ether oxygens (including phenoxy) is 1. The van der Waals surface area contributed by atoms with Gasteiger partial charge >= 0.3 is 5.97 Å². The van der Waals surface area contributed by atoms with Gasteiger partial charge in [0.2, 0.25) is 0 Å². The normalized spacial score (nSPS) is 11.9. The molecule has 0 heterocycles. The molecule has 0 bridgehead atoms. The maximum absolute atomic E-state index is 13.1. The van der Waals surface area contributed by atoms with Crippen molar-refractivity contribution in [2.24, 2.45) is 5.92 Å². The van der Waals surface area contributed by atoms with Gasteiger partial charge in [-0.3, -0.25) is 4.79 Å². The van der Waals surface area contributed by atoms with Crippen molar-refractivity contribution in [3.05, 3.63) is 24.0 Å². The third-order valence-corrected chi connectivity index (χ3v) is 2.19. The summed E-state index contributed by atoms with van der Waals surface area (Å²) in [4.78, 5) is 10.6. The molecule has 16 heavy (non-hydrogen) atoms. The molecule has 0 spiro atoms. The topological polar surface area (TPSA) is 58.6 Å². The Labute approximate surface area is 93.0 Å². The van der Waals surface area contributed by atoms with Crippen LogP contribution in [-0.4, -0.2) is 24.7 Å². The standard InChI is InChI=1S/C11H14FNO3/c1-7(11(14)15)6-13-8-3-4-9(12)10(5-8)16-2/h3-5,7,13H,6H2,1-2H3,(H,14,15). The van der Waals surface area contributed by atoms with Gasteiger partial charge in [-0.2, -0.15) is 0 Å². The Hall–Kier alpha value is -1.78. The molecule has 1 atom stereocenters. The molecule has 0 aliphatic heterocycles. The van der Waals surface area contributed by atoms with Crippen LogP contribution in [0.1, 0.15) is 6.92 Å². The summed E-state index contributed by atoms with van der Waals surface area (Å²) in [6.45, 7) is 1.88. The molecule has 2 N–H and O–H groups in total. The Morgan fingerprint density at radius 2 is 2.31 bits per heavy atom. The van der Waals surface area contributed by atoms with Gasteiger partial charge in [0.15, 0.2) is 11.6 Å². The molecule has 0 aliphatic rings. The predicted octanol–water partition coefficient (Wildman–Crippen LogP) is 1.97. The molecular formula is C11H14FNO3. The van der Waals surface area contributed by atoms with Crippen molar-refractivity contribution in [2.75, 3.05) is 19.0 Å². The maximum atomic E-state index is 13.1. The Balaban J connectivity index is 2.64. The number of carboxylic acids is 1. The lowest BCUT2D eigenvalue weighted by Crippen LogP contribution is -2.19. The molecule has 0 radical (unpaired) electrons. The second-order valence-corrected chi connectivity index (χ2v) is 3.47. The van der Waals surface area contributed by atoms with Crippen molar-refractivity contribution in [1.29, 1.82) is 0 Å². The van der Waals surface area contributed by atoms with Crippen LogP contribution in [0.4, 0.5) is 10.1 Å². The lowest BCUT2D eigenvalue weighted by molar-refractivity contribution is -0.140. The molecule has 0 aliphatic carbocycles. The number of hydrogen-bond donors (Lipinski definition) is 2. The third kappa shape index (κ3) is 3.12. The Kier molecular flexibility index (Phi) is 4.10. The van der Waals surface area contributed by atoms with Gasteiger partial charge in [-0.05, 0) is 12.1 Å². The van der Waals surface area contributed by atoms with E-state index in [0.717, 1.165) is 0 Å². The molecule has 0 saturated carbocycles. The summed E-state index contributed by atoms with van der Waals surface area (Å²) in [5.41, 5.74) is 0.631. The van der Waals surface area contributed by atoms with Crippen molar-refractivity contribution in [2.45, 2.75) is 6.92 Å². The Morgan fingerprint density at radius 3 is 2.88 bits per heavy atom. The molecule has 4 nitrogen and oxygen atoms in total. The number of carbonyl (C=O) groups is 1. The largest absolute Gasteiger partial charge is 0.494 e. The summed E-state index contributed by atoms with van der Waals surface area (Å²) >= 11 is 0. The van der Waals surface area contributed by atoms with Crippen LogP contribution in [0.15, 0.2) is 18.2 Å². The Morgan fingerprint density at radius 1 is 1.62 bits per heavy atom. The summed E-state index contributed by atoms with van der Waals surface area (Å²) in [7, 11) is 1.38. The molecule has 88 valence electrons. The number of halogens is 1. The fraction of sp³-hybridized carbons (Fsp3) is 0.364. The van der Waals surface area contributed by atoms with E-state index in [1.54, 1.807) is 6.92 Å². The summed E-state index contributed by atoms with van der Waals surface area (Å²) in [6.07, 6.45) is 0. The van der Waals surface area contributed by atoms with Gasteiger partial charge in [0.1, 0.15) is 0 Å². The number of rotatable bonds is 5. The van der Waals surface area contributed by atoms with Gasteiger partial charge in [0.05, 0.1) is 13.0 Å². The quantitative estimate of drug-likeness (QED) is 0.807. The summed E-state index contributed by atoms with van der Waals surface area (Å²) in [5, 5.41) is 11.6. The van der Waals surface area contributed by atoms with E-state index in [1.165, 1.54) is 25.3 Å². The molecule has 0 fully saturated rings. The fourth-order valence-corrected chi connectivity index (χ4v) is 1.13. The van der Waals surface area contributed by atoms with Crippen LogP contribution in [0.3, 0.4) is 0 Å². The van der Waals surface area contributed by atoms with Crippen LogP contribution < -0.4 is 10.1 Å². The zero-order valence-corrected chi connectivity index (χ0v) is 9.16. The lowest BCUT2D eigenvalue weighted by atomic mass is 10.2. The van der Waals surface area contributed by atoms with E-state index in [9.17, 15) is 9.18 Å². The molecule has 0 aromatic heterocycles.